The Hall–Kier alpha value is -2.74. The summed E-state index contributed by atoms with van der Waals surface area (Å²) in [5.41, 5.74) is 1.47. The summed E-state index contributed by atoms with van der Waals surface area (Å²) < 4.78 is 26.5. The lowest BCUT2D eigenvalue weighted by Gasteiger charge is -2.19. The van der Waals surface area contributed by atoms with Gasteiger partial charge in [0.1, 0.15) is 5.25 Å². The van der Waals surface area contributed by atoms with Gasteiger partial charge in [0.05, 0.1) is 4.90 Å². The molecular formula is C20H25N3O4S. The first-order valence-electron chi connectivity index (χ1n) is 9.07. The summed E-state index contributed by atoms with van der Waals surface area (Å²) in [6, 6.07) is 9.97. The van der Waals surface area contributed by atoms with Gasteiger partial charge in [-0.2, -0.15) is 0 Å². The molecule has 2 aromatic rings. The fraction of sp³-hybridized carbons (Fsp3) is 0.350. The molecule has 1 heterocycles. The maximum Gasteiger partial charge on any atom is 0.309 e. The first-order chi connectivity index (χ1) is 13.3. The summed E-state index contributed by atoms with van der Waals surface area (Å²) in [6.07, 6.45) is 2.99. The number of nitrogens with zero attached hydrogens (tertiary/aromatic N) is 1. The third-order valence-corrected chi connectivity index (χ3v) is 6.41. The van der Waals surface area contributed by atoms with Crippen LogP contribution in [0.2, 0.25) is 0 Å². The molecule has 0 aliphatic heterocycles. The van der Waals surface area contributed by atoms with Crippen molar-refractivity contribution in [2.45, 2.75) is 36.8 Å². The van der Waals surface area contributed by atoms with Crippen LogP contribution in [0.4, 0.5) is 0 Å². The van der Waals surface area contributed by atoms with Crippen molar-refractivity contribution in [2.24, 2.45) is 0 Å². The Kier molecular flexibility index (Phi) is 7.28. The third-order valence-electron chi connectivity index (χ3n) is 4.30. The van der Waals surface area contributed by atoms with Crippen LogP contribution in [0, 0.1) is 0 Å². The highest BCUT2D eigenvalue weighted by Gasteiger charge is 2.30. The van der Waals surface area contributed by atoms with E-state index in [9.17, 15) is 18.0 Å². The molecule has 8 heteroatoms. The lowest BCUT2D eigenvalue weighted by atomic mass is 10.0. The SMILES string of the molecule is CCNC(=O)C(=O)NC[C@H](c1cccnc1)S(=O)(=O)c1ccc(C(C)C)cc1. The average Bonchev–Trinajstić information content (AvgIpc) is 2.68. The number of pyridine rings is 1. The molecule has 0 fully saturated rings. The van der Waals surface area contributed by atoms with Gasteiger partial charge in [-0.25, -0.2) is 8.42 Å². The van der Waals surface area contributed by atoms with E-state index in [2.05, 4.69) is 15.6 Å². The quantitative estimate of drug-likeness (QED) is 0.688. The van der Waals surface area contributed by atoms with E-state index in [1.165, 1.54) is 12.4 Å². The molecule has 150 valence electrons. The van der Waals surface area contributed by atoms with Gasteiger partial charge in [-0.15, -0.1) is 0 Å². The van der Waals surface area contributed by atoms with Gasteiger partial charge >= 0.3 is 11.8 Å². The summed E-state index contributed by atoms with van der Waals surface area (Å²) in [5.74, 6) is -1.39. The minimum Gasteiger partial charge on any atom is -0.348 e. The van der Waals surface area contributed by atoms with E-state index in [1.807, 2.05) is 13.8 Å². The highest BCUT2D eigenvalue weighted by molar-refractivity contribution is 7.91. The second-order valence-electron chi connectivity index (χ2n) is 6.61. The molecular weight excluding hydrogens is 378 g/mol. The van der Waals surface area contributed by atoms with E-state index in [0.717, 1.165) is 5.56 Å². The summed E-state index contributed by atoms with van der Waals surface area (Å²) in [7, 11) is -3.82. The fourth-order valence-electron chi connectivity index (χ4n) is 2.69. The van der Waals surface area contributed by atoms with Crippen molar-refractivity contribution in [3.05, 3.63) is 59.9 Å². The highest BCUT2D eigenvalue weighted by atomic mass is 32.2. The zero-order valence-electron chi connectivity index (χ0n) is 16.2. The first kappa shape index (κ1) is 21.6. The Morgan fingerprint density at radius 2 is 1.64 bits per heavy atom. The molecule has 2 amide bonds. The minimum atomic E-state index is -3.82. The molecule has 1 atom stereocenters. The van der Waals surface area contributed by atoms with E-state index < -0.39 is 26.9 Å². The molecule has 0 unspecified atom stereocenters. The van der Waals surface area contributed by atoms with Crippen LogP contribution in [0.3, 0.4) is 0 Å². The van der Waals surface area contributed by atoms with Gasteiger partial charge in [0, 0.05) is 25.5 Å². The standard InChI is InChI=1S/C20H25N3O4S/c1-4-22-19(24)20(25)23-13-18(16-6-5-11-21-12-16)28(26,27)17-9-7-15(8-10-17)14(2)3/h5-12,14,18H,4,13H2,1-3H3,(H,22,24)(H,23,25)/t18-/m1/s1. The predicted octanol–water partition coefficient (Wildman–Crippen LogP) is 1.97. The van der Waals surface area contributed by atoms with Crippen molar-refractivity contribution >= 4 is 21.7 Å². The van der Waals surface area contributed by atoms with Crippen LogP contribution in [-0.2, 0) is 19.4 Å². The van der Waals surface area contributed by atoms with Gasteiger partial charge in [-0.3, -0.25) is 14.6 Å². The Morgan fingerprint density at radius 1 is 1.00 bits per heavy atom. The number of hydrogen-bond acceptors (Lipinski definition) is 5. The lowest BCUT2D eigenvalue weighted by molar-refractivity contribution is -0.139. The molecule has 0 saturated carbocycles. The number of hydrogen-bond donors (Lipinski definition) is 2. The topological polar surface area (TPSA) is 105 Å². The van der Waals surface area contributed by atoms with Gasteiger partial charge in [-0.05, 0) is 42.2 Å². The maximum absolute atomic E-state index is 13.2. The molecule has 0 aliphatic carbocycles. The van der Waals surface area contributed by atoms with Crippen LogP contribution in [0.1, 0.15) is 43.1 Å². The van der Waals surface area contributed by atoms with E-state index >= 15 is 0 Å². The molecule has 0 saturated heterocycles. The van der Waals surface area contributed by atoms with Crippen molar-refractivity contribution in [1.82, 2.24) is 15.6 Å². The second-order valence-corrected chi connectivity index (χ2v) is 8.74. The lowest BCUT2D eigenvalue weighted by Crippen LogP contribution is -2.42. The molecule has 0 aliphatic rings. The normalized spacial score (nSPS) is 12.4. The zero-order valence-corrected chi connectivity index (χ0v) is 17.0. The number of carbonyl (C=O) groups is 2. The van der Waals surface area contributed by atoms with Gasteiger partial charge in [0.15, 0.2) is 9.84 Å². The van der Waals surface area contributed by atoms with Gasteiger partial charge in [0.2, 0.25) is 0 Å². The van der Waals surface area contributed by atoms with Crippen molar-refractivity contribution in [2.75, 3.05) is 13.1 Å². The molecule has 2 rings (SSSR count). The molecule has 0 radical (unpaired) electrons. The minimum absolute atomic E-state index is 0.151. The van der Waals surface area contributed by atoms with Crippen molar-refractivity contribution in [3.8, 4) is 0 Å². The number of sulfone groups is 1. The van der Waals surface area contributed by atoms with Gasteiger partial charge in [-0.1, -0.05) is 32.0 Å². The van der Waals surface area contributed by atoms with E-state index in [-0.39, 0.29) is 17.4 Å². The summed E-state index contributed by atoms with van der Waals surface area (Å²) in [5, 5.41) is 3.73. The number of nitrogens with one attached hydrogen (secondary N) is 2. The Balaban J connectivity index is 2.33. The summed E-state index contributed by atoms with van der Waals surface area (Å²) >= 11 is 0. The van der Waals surface area contributed by atoms with Crippen LogP contribution in [0.25, 0.3) is 0 Å². The van der Waals surface area contributed by atoms with Crippen molar-refractivity contribution in [3.63, 3.8) is 0 Å². The van der Waals surface area contributed by atoms with E-state index in [4.69, 9.17) is 0 Å². The molecule has 0 spiro atoms. The number of rotatable bonds is 7. The monoisotopic (exact) mass is 403 g/mol. The summed E-state index contributed by atoms with van der Waals surface area (Å²) in [4.78, 5) is 27.7. The number of aromatic nitrogens is 1. The third kappa shape index (κ3) is 5.16. The molecule has 1 aromatic carbocycles. The Labute approximate surface area is 165 Å². The number of amides is 2. The van der Waals surface area contributed by atoms with Gasteiger partial charge < -0.3 is 10.6 Å². The molecule has 2 N–H and O–H groups in total. The maximum atomic E-state index is 13.2. The van der Waals surface area contributed by atoms with Gasteiger partial charge in [0.25, 0.3) is 0 Å². The predicted molar refractivity (Wildman–Crippen MR) is 106 cm³/mol. The molecule has 1 aromatic heterocycles. The van der Waals surface area contributed by atoms with E-state index in [1.54, 1.807) is 43.3 Å². The molecule has 28 heavy (non-hydrogen) atoms. The number of carbonyl (C=O) groups excluding carboxylic acids is 2. The second kappa shape index (κ2) is 9.45. The highest BCUT2D eigenvalue weighted by Crippen LogP contribution is 2.29. The largest absolute Gasteiger partial charge is 0.348 e. The van der Waals surface area contributed by atoms with Crippen molar-refractivity contribution < 1.29 is 18.0 Å². The first-order valence-corrected chi connectivity index (χ1v) is 10.6. The van der Waals surface area contributed by atoms with Crippen LogP contribution in [-0.4, -0.2) is 38.3 Å². The zero-order chi connectivity index (χ0) is 20.7. The van der Waals surface area contributed by atoms with Crippen LogP contribution < -0.4 is 10.6 Å². The summed E-state index contributed by atoms with van der Waals surface area (Å²) in [6.45, 7) is 5.81. The smallest absolute Gasteiger partial charge is 0.309 e. The Morgan fingerprint density at radius 3 is 2.18 bits per heavy atom. The molecule has 7 nitrogen and oxygen atoms in total. The average molecular weight is 404 g/mol. The Bertz CT molecular complexity index is 910. The van der Waals surface area contributed by atoms with Crippen LogP contribution in [0.15, 0.2) is 53.7 Å². The number of benzene rings is 1. The number of likely N-dealkylation sites (N-methyl/N-ethyl adjacent to an activating group) is 1. The fourth-order valence-corrected chi connectivity index (χ4v) is 4.33. The molecule has 0 bridgehead atoms. The van der Waals surface area contributed by atoms with E-state index in [0.29, 0.717) is 12.1 Å². The van der Waals surface area contributed by atoms with Crippen LogP contribution >= 0.6 is 0 Å². The van der Waals surface area contributed by atoms with Crippen molar-refractivity contribution in [1.29, 1.82) is 0 Å². The van der Waals surface area contributed by atoms with Crippen LogP contribution in [0.5, 0.6) is 0 Å².